The fourth-order valence-electron chi connectivity index (χ4n) is 2.98. The smallest absolute Gasteiger partial charge is 0.258 e. The van der Waals surface area contributed by atoms with Gasteiger partial charge in [-0.25, -0.2) is 4.39 Å². The third-order valence-corrected chi connectivity index (χ3v) is 6.35. The zero-order chi connectivity index (χ0) is 21.2. The Balaban J connectivity index is 1.50. The van der Waals surface area contributed by atoms with E-state index in [1.54, 1.807) is 40.2 Å². The lowest BCUT2D eigenvalue weighted by molar-refractivity contribution is 0.425. The lowest BCUT2D eigenvalue weighted by Gasteiger charge is -2.11. The van der Waals surface area contributed by atoms with Crippen molar-refractivity contribution in [3.63, 3.8) is 0 Å². The van der Waals surface area contributed by atoms with Gasteiger partial charge < -0.3 is 4.52 Å². The van der Waals surface area contributed by atoms with Gasteiger partial charge in [0.1, 0.15) is 5.82 Å². The van der Waals surface area contributed by atoms with E-state index in [-0.39, 0.29) is 0 Å². The van der Waals surface area contributed by atoms with Crippen LogP contribution >= 0.6 is 34.7 Å². The van der Waals surface area contributed by atoms with Gasteiger partial charge in [0.15, 0.2) is 16.8 Å². The molecule has 0 spiro atoms. The molecule has 10 heteroatoms. The SMILES string of the molecule is Fc1ccccc1-n1c(SCc2noc(-c3ccsc3)n2)nnc1-c1ccccc1Cl. The van der Waals surface area contributed by atoms with Crippen molar-refractivity contribution in [1.82, 2.24) is 24.9 Å². The van der Waals surface area contributed by atoms with Gasteiger partial charge in [-0.1, -0.05) is 52.8 Å². The number of para-hydroxylation sites is 1. The number of nitrogens with zero attached hydrogens (tertiary/aromatic N) is 5. The van der Waals surface area contributed by atoms with Crippen LogP contribution in [0.25, 0.3) is 28.5 Å². The molecule has 6 nitrogen and oxygen atoms in total. The Bertz CT molecular complexity index is 1340. The maximum absolute atomic E-state index is 14.7. The molecule has 0 saturated heterocycles. The molecule has 0 unspecified atom stereocenters. The Hall–Kier alpha value is -3.01. The lowest BCUT2D eigenvalue weighted by Crippen LogP contribution is -2.02. The molecule has 3 aromatic heterocycles. The highest BCUT2D eigenvalue weighted by Crippen LogP contribution is 2.33. The van der Waals surface area contributed by atoms with Crippen molar-refractivity contribution in [2.75, 3.05) is 0 Å². The minimum Gasteiger partial charge on any atom is -0.334 e. The van der Waals surface area contributed by atoms with E-state index in [2.05, 4.69) is 20.3 Å². The molecule has 154 valence electrons. The van der Waals surface area contributed by atoms with Crippen molar-refractivity contribution < 1.29 is 8.91 Å². The number of thiophene rings is 1. The molecule has 0 aliphatic heterocycles. The maximum atomic E-state index is 14.7. The summed E-state index contributed by atoms with van der Waals surface area (Å²) < 4.78 is 21.7. The van der Waals surface area contributed by atoms with Crippen LogP contribution in [0, 0.1) is 5.82 Å². The monoisotopic (exact) mass is 469 g/mol. The van der Waals surface area contributed by atoms with Crippen LogP contribution in [-0.4, -0.2) is 24.9 Å². The van der Waals surface area contributed by atoms with Gasteiger partial charge in [-0.05, 0) is 35.7 Å². The standard InChI is InChI=1S/C21H13ClFN5OS2/c22-15-6-2-1-5-14(15)19-25-26-21(28(19)17-8-4-3-7-16(17)23)31-12-18-24-20(29-27-18)13-9-10-30-11-13/h1-11H,12H2. The predicted octanol–water partition coefficient (Wildman–Crippen LogP) is 6.13. The van der Waals surface area contributed by atoms with E-state index >= 15 is 0 Å². The number of rotatable bonds is 6. The quantitative estimate of drug-likeness (QED) is 0.278. The maximum Gasteiger partial charge on any atom is 0.258 e. The average Bonchev–Trinajstić information content (AvgIpc) is 3.53. The van der Waals surface area contributed by atoms with Crippen molar-refractivity contribution in [2.45, 2.75) is 10.9 Å². The van der Waals surface area contributed by atoms with Gasteiger partial charge in [-0.15, -0.1) is 10.2 Å². The van der Waals surface area contributed by atoms with E-state index in [1.165, 1.54) is 17.8 Å². The molecule has 0 amide bonds. The molecule has 0 N–H and O–H groups in total. The van der Waals surface area contributed by atoms with Crippen molar-refractivity contribution >= 4 is 34.7 Å². The van der Waals surface area contributed by atoms with Crippen LogP contribution in [-0.2, 0) is 5.75 Å². The molecule has 0 fully saturated rings. The highest BCUT2D eigenvalue weighted by atomic mass is 35.5. The van der Waals surface area contributed by atoms with E-state index in [4.69, 9.17) is 16.1 Å². The van der Waals surface area contributed by atoms with E-state index < -0.39 is 5.82 Å². The number of aromatic nitrogens is 5. The third-order valence-electron chi connectivity index (χ3n) is 4.41. The second kappa shape index (κ2) is 8.62. The molecule has 31 heavy (non-hydrogen) atoms. The third kappa shape index (κ3) is 3.99. The minimum absolute atomic E-state index is 0.331. The number of hydrogen-bond donors (Lipinski definition) is 0. The first-order chi connectivity index (χ1) is 15.2. The Morgan fingerprint density at radius 2 is 1.90 bits per heavy atom. The van der Waals surface area contributed by atoms with Crippen LogP contribution in [0.5, 0.6) is 0 Å². The summed E-state index contributed by atoms with van der Waals surface area (Å²) in [5, 5.41) is 17.5. The first kappa shape index (κ1) is 19.9. The van der Waals surface area contributed by atoms with Crippen molar-refractivity contribution in [1.29, 1.82) is 0 Å². The Morgan fingerprint density at radius 3 is 2.71 bits per heavy atom. The first-order valence-electron chi connectivity index (χ1n) is 9.14. The Morgan fingerprint density at radius 1 is 1.06 bits per heavy atom. The lowest BCUT2D eigenvalue weighted by atomic mass is 10.2. The number of halogens is 2. The van der Waals surface area contributed by atoms with Crippen LogP contribution in [0.1, 0.15) is 5.82 Å². The van der Waals surface area contributed by atoms with Crippen molar-refractivity contribution in [3.8, 4) is 28.5 Å². The van der Waals surface area contributed by atoms with Crippen LogP contribution < -0.4 is 0 Å². The highest BCUT2D eigenvalue weighted by molar-refractivity contribution is 7.98. The molecule has 5 aromatic rings. The largest absolute Gasteiger partial charge is 0.334 e. The Labute approximate surface area is 189 Å². The molecule has 0 aliphatic rings. The zero-order valence-electron chi connectivity index (χ0n) is 15.8. The molecule has 0 radical (unpaired) electrons. The summed E-state index contributed by atoms with van der Waals surface area (Å²) in [6.07, 6.45) is 0. The molecule has 0 aliphatic carbocycles. The van der Waals surface area contributed by atoms with Crippen LogP contribution in [0.4, 0.5) is 4.39 Å². The normalized spacial score (nSPS) is 11.2. The molecule has 0 saturated carbocycles. The van der Waals surface area contributed by atoms with Gasteiger partial charge in [0.2, 0.25) is 0 Å². The van der Waals surface area contributed by atoms with Gasteiger partial charge in [0.25, 0.3) is 5.89 Å². The average molecular weight is 470 g/mol. The predicted molar refractivity (Wildman–Crippen MR) is 119 cm³/mol. The summed E-state index contributed by atoms with van der Waals surface area (Å²) in [7, 11) is 0. The van der Waals surface area contributed by atoms with E-state index in [1.807, 2.05) is 35.0 Å². The number of benzene rings is 2. The van der Waals surface area contributed by atoms with Crippen molar-refractivity contribution in [2.24, 2.45) is 0 Å². The van der Waals surface area contributed by atoms with Crippen LogP contribution in [0.3, 0.4) is 0 Å². The molecular formula is C21H13ClFN5OS2. The minimum atomic E-state index is -0.392. The van der Waals surface area contributed by atoms with Gasteiger partial charge in [0, 0.05) is 10.9 Å². The summed E-state index contributed by atoms with van der Waals surface area (Å²) in [5.41, 5.74) is 1.87. The van der Waals surface area contributed by atoms with Gasteiger partial charge in [-0.2, -0.15) is 16.3 Å². The summed E-state index contributed by atoms with van der Waals surface area (Å²) in [5.74, 6) is 1.41. The van der Waals surface area contributed by atoms with Crippen LogP contribution in [0.2, 0.25) is 5.02 Å². The fourth-order valence-corrected chi connectivity index (χ4v) is 4.61. The molecule has 3 heterocycles. The van der Waals surface area contributed by atoms with Crippen molar-refractivity contribution in [3.05, 3.63) is 82.0 Å². The molecular weight excluding hydrogens is 457 g/mol. The van der Waals surface area contributed by atoms with Gasteiger partial charge >= 0.3 is 0 Å². The summed E-state index contributed by atoms with van der Waals surface area (Å²) >= 11 is 9.27. The topological polar surface area (TPSA) is 69.6 Å². The summed E-state index contributed by atoms with van der Waals surface area (Å²) in [6, 6.07) is 15.6. The molecule has 0 atom stereocenters. The second-order valence-electron chi connectivity index (χ2n) is 6.39. The summed E-state index contributed by atoms with van der Waals surface area (Å²) in [6.45, 7) is 0. The van der Waals surface area contributed by atoms with Crippen LogP contribution in [0.15, 0.2) is 75.0 Å². The first-order valence-corrected chi connectivity index (χ1v) is 11.4. The van der Waals surface area contributed by atoms with Gasteiger partial charge in [-0.3, -0.25) is 4.57 Å². The Kier molecular flexibility index (Phi) is 5.54. The number of hydrogen-bond acceptors (Lipinski definition) is 7. The molecule has 5 rings (SSSR count). The van der Waals surface area contributed by atoms with E-state index in [9.17, 15) is 4.39 Å². The summed E-state index contributed by atoms with van der Waals surface area (Å²) in [4.78, 5) is 4.42. The highest BCUT2D eigenvalue weighted by Gasteiger charge is 2.21. The van der Waals surface area contributed by atoms with E-state index in [0.29, 0.717) is 44.7 Å². The second-order valence-corrected chi connectivity index (χ2v) is 8.52. The van der Waals surface area contributed by atoms with Gasteiger partial charge in [0.05, 0.1) is 22.0 Å². The zero-order valence-corrected chi connectivity index (χ0v) is 18.2. The fraction of sp³-hybridized carbons (Fsp3) is 0.0476. The molecule has 2 aromatic carbocycles. The number of thioether (sulfide) groups is 1. The molecule has 0 bridgehead atoms. The van der Waals surface area contributed by atoms with E-state index in [0.717, 1.165) is 5.56 Å².